The molecule has 0 saturated heterocycles. The first kappa shape index (κ1) is 12.8. The van der Waals surface area contributed by atoms with Crippen LogP contribution in [0.3, 0.4) is 0 Å². The van der Waals surface area contributed by atoms with E-state index < -0.39 is 0 Å². The van der Waals surface area contributed by atoms with Crippen molar-refractivity contribution in [3.8, 4) is 11.5 Å². The van der Waals surface area contributed by atoms with Crippen molar-refractivity contribution < 1.29 is 9.84 Å². The number of hydrogen-bond donors (Lipinski definition) is 1. The van der Waals surface area contributed by atoms with Crippen LogP contribution >= 0.6 is 0 Å². The molecule has 1 aliphatic heterocycles. The Morgan fingerprint density at radius 2 is 1.85 bits per heavy atom. The van der Waals surface area contributed by atoms with Crippen LogP contribution in [0.25, 0.3) is 6.08 Å². The number of allylic oxidation sites excluding steroid dienone is 1. The lowest BCUT2D eigenvalue weighted by Gasteiger charge is -2.15. The van der Waals surface area contributed by atoms with E-state index in [1.165, 1.54) is 11.1 Å². The second-order valence-electron chi connectivity index (χ2n) is 5.22. The maximum absolute atomic E-state index is 9.39. The Hall–Kier alpha value is -2.22. The Balaban J connectivity index is 1.94. The zero-order valence-electron chi connectivity index (χ0n) is 11.7. The highest BCUT2D eigenvalue weighted by Crippen LogP contribution is 2.46. The molecule has 0 amide bonds. The van der Waals surface area contributed by atoms with E-state index in [4.69, 9.17) is 4.74 Å². The van der Waals surface area contributed by atoms with Crippen LogP contribution in [-0.4, -0.2) is 5.11 Å². The summed E-state index contributed by atoms with van der Waals surface area (Å²) < 4.78 is 6.07. The van der Waals surface area contributed by atoms with Crippen LogP contribution in [-0.2, 0) is 0 Å². The average Bonchev–Trinajstić information content (AvgIpc) is 2.78. The second kappa shape index (κ2) is 5.04. The summed E-state index contributed by atoms with van der Waals surface area (Å²) in [6.07, 6.45) is 4.16. The molecule has 0 spiro atoms. The maximum Gasteiger partial charge on any atom is 0.130 e. The quantitative estimate of drug-likeness (QED) is 0.856. The molecule has 1 aliphatic rings. The van der Waals surface area contributed by atoms with E-state index >= 15 is 0 Å². The third-order valence-electron chi connectivity index (χ3n) is 3.81. The molecule has 0 unspecified atom stereocenters. The molecule has 102 valence electrons. The van der Waals surface area contributed by atoms with Gasteiger partial charge in [-0.1, -0.05) is 37.3 Å². The first-order chi connectivity index (χ1) is 9.69. The maximum atomic E-state index is 9.39. The van der Waals surface area contributed by atoms with Crippen molar-refractivity contribution in [1.29, 1.82) is 0 Å². The molecule has 0 radical (unpaired) electrons. The zero-order valence-corrected chi connectivity index (χ0v) is 11.7. The Morgan fingerprint density at radius 1 is 1.10 bits per heavy atom. The average molecular weight is 266 g/mol. The molecule has 0 aromatic heterocycles. The Morgan fingerprint density at radius 3 is 2.55 bits per heavy atom. The van der Waals surface area contributed by atoms with Crippen molar-refractivity contribution in [1.82, 2.24) is 0 Å². The van der Waals surface area contributed by atoms with Crippen molar-refractivity contribution >= 4 is 6.08 Å². The minimum atomic E-state index is 0.0199. The minimum Gasteiger partial charge on any atom is -0.508 e. The number of ether oxygens (including phenoxy) is 1. The van der Waals surface area contributed by atoms with Gasteiger partial charge in [-0.05, 0) is 42.3 Å². The summed E-state index contributed by atoms with van der Waals surface area (Å²) in [6, 6.07) is 13.6. The summed E-state index contributed by atoms with van der Waals surface area (Å²) >= 11 is 0. The smallest absolute Gasteiger partial charge is 0.130 e. The number of rotatable bonds is 2. The van der Waals surface area contributed by atoms with Crippen LogP contribution < -0.4 is 4.74 Å². The standard InChI is InChI=1S/C18H18O2/c1-3-4-13-5-10-17-16(11-13)12(2)18(20-17)14-6-8-15(19)9-7-14/h3-12,18-19H,1-2H3/b4-3+/t12-,18-/m0/s1. The Bertz CT molecular complexity index is 641. The predicted octanol–water partition coefficient (Wildman–Crippen LogP) is 4.66. The largest absolute Gasteiger partial charge is 0.508 e. The summed E-state index contributed by atoms with van der Waals surface area (Å²) in [6.45, 7) is 4.20. The van der Waals surface area contributed by atoms with E-state index in [0.717, 1.165) is 11.3 Å². The van der Waals surface area contributed by atoms with Crippen molar-refractivity contribution in [2.45, 2.75) is 25.9 Å². The SMILES string of the molecule is C/C=C/c1ccc2c(c1)[C@H](C)[C@@H](c1ccc(O)cc1)O2. The molecule has 2 aromatic carbocycles. The molecule has 2 aromatic rings. The number of phenolic OH excluding ortho intramolecular Hbond substituents is 1. The molecule has 0 aliphatic carbocycles. The van der Waals surface area contributed by atoms with E-state index in [9.17, 15) is 5.11 Å². The first-order valence-corrected chi connectivity index (χ1v) is 6.91. The molecule has 1 N–H and O–H groups in total. The van der Waals surface area contributed by atoms with E-state index in [1.807, 2.05) is 31.2 Å². The van der Waals surface area contributed by atoms with Crippen LogP contribution in [0.15, 0.2) is 48.5 Å². The molecule has 0 bridgehead atoms. The highest BCUT2D eigenvalue weighted by Gasteiger charge is 2.32. The van der Waals surface area contributed by atoms with Crippen LogP contribution in [0.4, 0.5) is 0 Å². The number of fused-ring (bicyclic) bond motifs is 1. The van der Waals surface area contributed by atoms with Gasteiger partial charge in [0.1, 0.15) is 17.6 Å². The first-order valence-electron chi connectivity index (χ1n) is 6.91. The lowest BCUT2D eigenvalue weighted by atomic mass is 9.92. The van der Waals surface area contributed by atoms with Crippen LogP contribution in [0.5, 0.6) is 11.5 Å². The van der Waals surface area contributed by atoms with Gasteiger partial charge in [0.25, 0.3) is 0 Å². The normalized spacial score (nSPS) is 20.9. The van der Waals surface area contributed by atoms with Gasteiger partial charge in [-0.3, -0.25) is 0 Å². The van der Waals surface area contributed by atoms with Gasteiger partial charge in [-0.15, -0.1) is 0 Å². The van der Waals surface area contributed by atoms with Crippen molar-refractivity contribution in [3.63, 3.8) is 0 Å². The fourth-order valence-corrected chi connectivity index (χ4v) is 2.75. The lowest BCUT2D eigenvalue weighted by molar-refractivity contribution is 0.216. The van der Waals surface area contributed by atoms with Crippen molar-refractivity contribution in [2.24, 2.45) is 0 Å². The van der Waals surface area contributed by atoms with Gasteiger partial charge in [-0.2, -0.15) is 0 Å². The molecule has 2 heteroatoms. The van der Waals surface area contributed by atoms with Gasteiger partial charge < -0.3 is 9.84 Å². The zero-order chi connectivity index (χ0) is 14.1. The lowest BCUT2D eigenvalue weighted by Crippen LogP contribution is -2.06. The van der Waals surface area contributed by atoms with Crippen LogP contribution in [0.1, 0.15) is 42.6 Å². The third kappa shape index (κ3) is 2.18. The number of phenols is 1. The molecule has 1 heterocycles. The predicted molar refractivity (Wildman–Crippen MR) is 81.0 cm³/mol. The molecule has 0 fully saturated rings. The highest BCUT2D eigenvalue weighted by atomic mass is 16.5. The Labute approximate surface area is 119 Å². The molecular weight excluding hydrogens is 248 g/mol. The number of aromatic hydroxyl groups is 1. The summed E-state index contributed by atoms with van der Waals surface area (Å²) in [5.74, 6) is 1.55. The third-order valence-corrected chi connectivity index (χ3v) is 3.81. The summed E-state index contributed by atoms with van der Waals surface area (Å²) in [5.41, 5.74) is 3.55. The summed E-state index contributed by atoms with van der Waals surface area (Å²) in [7, 11) is 0. The van der Waals surface area contributed by atoms with Gasteiger partial charge in [0.15, 0.2) is 0 Å². The van der Waals surface area contributed by atoms with Gasteiger partial charge in [0, 0.05) is 11.5 Å². The molecule has 2 atom stereocenters. The minimum absolute atomic E-state index is 0.0199. The van der Waals surface area contributed by atoms with Crippen LogP contribution in [0, 0.1) is 0 Å². The number of hydrogen-bond acceptors (Lipinski definition) is 2. The van der Waals surface area contributed by atoms with E-state index in [0.29, 0.717) is 5.92 Å². The molecule has 20 heavy (non-hydrogen) atoms. The molecule has 3 rings (SSSR count). The fourth-order valence-electron chi connectivity index (χ4n) is 2.75. The van der Waals surface area contributed by atoms with Crippen LogP contribution in [0.2, 0.25) is 0 Å². The molecule has 2 nitrogen and oxygen atoms in total. The van der Waals surface area contributed by atoms with Gasteiger partial charge in [0.2, 0.25) is 0 Å². The molecule has 0 saturated carbocycles. The summed E-state index contributed by atoms with van der Waals surface area (Å²) in [5, 5.41) is 9.39. The summed E-state index contributed by atoms with van der Waals surface area (Å²) in [4.78, 5) is 0. The van der Waals surface area contributed by atoms with E-state index in [-0.39, 0.29) is 11.9 Å². The topological polar surface area (TPSA) is 29.5 Å². The number of benzene rings is 2. The second-order valence-corrected chi connectivity index (χ2v) is 5.22. The monoisotopic (exact) mass is 266 g/mol. The molecular formula is C18H18O2. The van der Waals surface area contributed by atoms with E-state index in [1.54, 1.807) is 12.1 Å². The van der Waals surface area contributed by atoms with Gasteiger partial charge >= 0.3 is 0 Å². The highest BCUT2D eigenvalue weighted by molar-refractivity contribution is 5.55. The Kier molecular flexibility index (Phi) is 3.23. The van der Waals surface area contributed by atoms with Crippen molar-refractivity contribution in [3.05, 3.63) is 65.2 Å². The fraction of sp³-hybridized carbons (Fsp3) is 0.222. The van der Waals surface area contributed by atoms with Gasteiger partial charge in [-0.25, -0.2) is 0 Å². The van der Waals surface area contributed by atoms with Gasteiger partial charge in [0.05, 0.1) is 0 Å². The van der Waals surface area contributed by atoms with E-state index in [2.05, 4.69) is 25.1 Å². The van der Waals surface area contributed by atoms with Crippen molar-refractivity contribution in [2.75, 3.05) is 0 Å².